The first-order valence-corrected chi connectivity index (χ1v) is 7.17. The maximum Gasteiger partial charge on any atom is 0.155 e. The lowest BCUT2D eigenvalue weighted by molar-refractivity contribution is 0.367. The molecular formula is C14H16BrN3. The maximum atomic E-state index is 4.65. The third kappa shape index (κ3) is 2.34. The molecule has 1 aromatic carbocycles. The summed E-state index contributed by atoms with van der Waals surface area (Å²) in [4.78, 5) is 4.65. The predicted octanol–water partition coefficient (Wildman–Crippen LogP) is 3.21. The molecule has 1 aliphatic heterocycles. The quantitative estimate of drug-likeness (QED) is 0.853. The molecule has 0 aliphatic carbocycles. The van der Waals surface area contributed by atoms with Crippen molar-refractivity contribution in [2.75, 3.05) is 0 Å². The minimum atomic E-state index is 0.718. The van der Waals surface area contributed by atoms with E-state index in [4.69, 9.17) is 0 Å². The van der Waals surface area contributed by atoms with Gasteiger partial charge >= 0.3 is 0 Å². The molecule has 1 atom stereocenters. The molecule has 2 heterocycles. The number of nitrogens with zero attached hydrogens (tertiary/aromatic N) is 3. The summed E-state index contributed by atoms with van der Waals surface area (Å²) in [6.45, 7) is 3.29. The van der Waals surface area contributed by atoms with E-state index in [0.29, 0.717) is 0 Å². The van der Waals surface area contributed by atoms with Gasteiger partial charge in [-0.15, -0.1) is 0 Å². The van der Waals surface area contributed by atoms with E-state index in [1.54, 1.807) is 0 Å². The lowest BCUT2D eigenvalue weighted by Crippen LogP contribution is -2.18. The van der Waals surface area contributed by atoms with Crippen LogP contribution in [0.2, 0.25) is 0 Å². The van der Waals surface area contributed by atoms with Crippen molar-refractivity contribution < 1.29 is 0 Å². The van der Waals surface area contributed by atoms with Gasteiger partial charge in [-0.3, -0.25) is 0 Å². The third-order valence-electron chi connectivity index (χ3n) is 3.44. The summed E-state index contributed by atoms with van der Waals surface area (Å²) in [6.07, 6.45) is 3.09. The molecule has 4 heteroatoms. The van der Waals surface area contributed by atoms with E-state index in [1.165, 1.54) is 12.0 Å². The fourth-order valence-electron chi connectivity index (χ4n) is 2.41. The molecule has 0 radical (unpaired) electrons. The maximum absolute atomic E-state index is 4.65. The molecule has 0 saturated carbocycles. The Kier molecular flexibility index (Phi) is 3.20. The van der Waals surface area contributed by atoms with Crippen molar-refractivity contribution in [2.45, 2.75) is 32.7 Å². The first kappa shape index (κ1) is 11.9. The van der Waals surface area contributed by atoms with Crippen LogP contribution in [0.1, 0.15) is 30.6 Å². The second-order valence-electron chi connectivity index (χ2n) is 5.04. The zero-order chi connectivity index (χ0) is 12.5. The summed E-state index contributed by atoms with van der Waals surface area (Å²) < 4.78 is 3.21. The van der Waals surface area contributed by atoms with Crippen molar-refractivity contribution >= 4 is 15.9 Å². The summed E-state index contributed by atoms with van der Waals surface area (Å²) >= 11 is 3.57. The average Bonchev–Trinajstić information content (AvgIpc) is 2.73. The Morgan fingerprint density at radius 2 is 2.22 bits per heavy atom. The Balaban J connectivity index is 1.84. The fourth-order valence-corrected chi connectivity index (χ4v) is 2.83. The van der Waals surface area contributed by atoms with Crippen molar-refractivity contribution in [1.82, 2.24) is 14.8 Å². The van der Waals surface area contributed by atoms with E-state index >= 15 is 0 Å². The lowest BCUT2D eigenvalue weighted by atomic mass is 10.0. The monoisotopic (exact) mass is 305 g/mol. The number of fused-ring (bicyclic) bond motifs is 1. The van der Waals surface area contributed by atoms with Crippen molar-refractivity contribution in [1.29, 1.82) is 0 Å². The van der Waals surface area contributed by atoms with Gasteiger partial charge in [0.1, 0.15) is 5.82 Å². The fraction of sp³-hybridized carbons (Fsp3) is 0.429. The summed E-state index contributed by atoms with van der Waals surface area (Å²) in [7, 11) is 0. The number of hydrogen-bond acceptors (Lipinski definition) is 2. The van der Waals surface area contributed by atoms with Crippen LogP contribution in [-0.4, -0.2) is 14.8 Å². The highest BCUT2D eigenvalue weighted by Crippen LogP contribution is 2.21. The smallest absolute Gasteiger partial charge is 0.155 e. The van der Waals surface area contributed by atoms with Gasteiger partial charge in [0, 0.05) is 23.9 Å². The van der Waals surface area contributed by atoms with Crippen LogP contribution in [0.15, 0.2) is 28.7 Å². The standard InChI is InChI=1S/C14H16BrN3/c1-10-6-7-14-16-13(17-18(14)9-10)8-11-4-2-3-5-12(11)15/h2-5,10H,6-9H2,1H3. The lowest BCUT2D eigenvalue weighted by Gasteiger charge is -2.17. The van der Waals surface area contributed by atoms with Crippen LogP contribution < -0.4 is 0 Å². The van der Waals surface area contributed by atoms with Crippen LogP contribution in [0.25, 0.3) is 0 Å². The number of rotatable bonds is 2. The first-order chi connectivity index (χ1) is 8.72. The molecule has 0 fully saturated rings. The molecule has 3 nitrogen and oxygen atoms in total. The van der Waals surface area contributed by atoms with Gasteiger partial charge in [0.2, 0.25) is 0 Å². The van der Waals surface area contributed by atoms with E-state index < -0.39 is 0 Å². The Bertz CT molecular complexity index is 562. The molecule has 0 saturated heterocycles. The predicted molar refractivity (Wildman–Crippen MR) is 74.5 cm³/mol. The van der Waals surface area contributed by atoms with Gasteiger partial charge in [-0.1, -0.05) is 41.1 Å². The van der Waals surface area contributed by atoms with Crippen molar-refractivity contribution in [3.05, 3.63) is 46.0 Å². The Labute approximate surface area is 115 Å². The molecule has 18 heavy (non-hydrogen) atoms. The summed E-state index contributed by atoms with van der Waals surface area (Å²) in [6, 6.07) is 8.26. The highest BCUT2D eigenvalue weighted by Gasteiger charge is 2.18. The number of aryl methyl sites for hydroxylation is 1. The summed E-state index contributed by atoms with van der Waals surface area (Å²) in [5.41, 5.74) is 1.24. The van der Waals surface area contributed by atoms with E-state index in [-0.39, 0.29) is 0 Å². The molecule has 0 amide bonds. The number of halogens is 1. The van der Waals surface area contributed by atoms with Crippen molar-refractivity contribution in [3.8, 4) is 0 Å². The van der Waals surface area contributed by atoms with Crippen LogP contribution in [-0.2, 0) is 19.4 Å². The number of benzene rings is 1. The second kappa shape index (κ2) is 4.84. The molecule has 0 bridgehead atoms. The zero-order valence-corrected chi connectivity index (χ0v) is 12.0. The van der Waals surface area contributed by atoms with Crippen LogP contribution >= 0.6 is 15.9 Å². The minimum absolute atomic E-state index is 0.718. The van der Waals surface area contributed by atoms with E-state index in [1.807, 2.05) is 6.07 Å². The molecule has 94 valence electrons. The summed E-state index contributed by atoms with van der Waals surface area (Å²) in [5, 5.41) is 4.62. The first-order valence-electron chi connectivity index (χ1n) is 6.38. The number of hydrogen-bond donors (Lipinski definition) is 0. The van der Waals surface area contributed by atoms with Crippen LogP contribution in [0, 0.1) is 5.92 Å². The molecule has 0 N–H and O–H groups in total. The van der Waals surface area contributed by atoms with Gasteiger partial charge < -0.3 is 0 Å². The van der Waals surface area contributed by atoms with E-state index in [0.717, 1.165) is 41.4 Å². The van der Waals surface area contributed by atoms with E-state index in [2.05, 4.69) is 55.8 Å². The molecule has 1 unspecified atom stereocenters. The number of aromatic nitrogens is 3. The van der Waals surface area contributed by atoms with Gasteiger partial charge in [0.25, 0.3) is 0 Å². The third-order valence-corrected chi connectivity index (χ3v) is 4.22. The van der Waals surface area contributed by atoms with Gasteiger partial charge in [-0.25, -0.2) is 9.67 Å². The Morgan fingerprint density at radius 1 is 1.39 bits per heavy atom. The molecule has 1 aromatic heterocycles. The van der Waals surface area contributed by atoms with Crippen molar-refractivity contribution in [3.63, 3.8) is 0 Å². The largest absolute Gasteiger partial charge is 0.250 e. The summed E-state index contributed by atoms with van der Waals surface area (Å²) in [5.74, 6) is 2.80. The zero-order valence-electron chi connectivity index (χ0n) is 10.4. The molecule has 2 aromatic rings. The Morgan fingerprint density at radius 3 is 3.06 bits per heavy atom. The second-order valence-corrected chi connectivity index (χ2v) is 5.89. The van der Waals surface area contributed by atoms with Gasteiger partial charge in [-0.05, 0) is 24.0 Å². The minimum Gasteiger partial charge on any atom is -0.250 e. The van der Waals surface area contributed by atoms with Crippen molar-refractivity contribution in [2.24, 2.45) is 5.92 Å². The van der Waals surface area contributed by atoms with Gasteiger partial charge in [0.05, 0.1) is 0 Å². The highest BCUT2D eigenvalue weighted by atomic mass is 79.9. The molecule has 1 aliphatic rings. The molecule has 0 spiro atoms. The normalized spacial score (nSPS) is 18.7. The van der Waals surface area contributed by atoms with Crippen LogP contribution in [0.4, 0.5) is 0 Å². The average molecular weight is 306 g/mol. The topological polar surface area (TPSA) is 30.7 Å². The SMILES string of the molecule is CC1CCc2nc(Cc3ccccc3Br)nn2C1. The van der Waals surface area contributed by atoms with Gasteiger partial charge in [-0.2, -0.15) is 5.10 Å². The van der Waals surface area contributed by atoms with Crippen LogP contribution in [0.5, 0.6) is 0 Å². The molecular weight excluding hydrogens is 290 g/mol. The van der Waals surface area contributed by atoms with E-state index in [9.17, 15) is 0 Å². The highest BCUT2D eigenvalue weighted by molar-refractivity contribution is 9.10. The van der Waals surface area contributed by atoms with Crippen LogP contribution in [0.3, 0.4) is 0 Å². The van der Waals surface area contributed by atoms with Gasteiger partial charge in [0.15, 0.2) is 5.82 Å². The Hall–Kier alpha value is -1.16. The molecule has 3 rings (SSSR count).